The Kier molecular flexibility index (Phi) is 4.44. The molecule has 2 heterocycles. The number of rotatable bonds is 3. The number of nitrogens with one attached hydrogen (secondary N) is 1. The highest BCUT2D eigenvalue weighted by Gasteiger charge is 2.22. The van der Waals surface area contributed by atoms with Crippen LogP contribution >= 0.6 is 0 Å². The van der Waals surface area contributed by atoms with E-state index < -0.39 is 0 Å². The maximum atomic E-state index is 12.5. The number of hydrogen-bond donors (Lipinski definition) is 1. The number of hydrogen-bond acceptors (Lipinski definition) is 3. The van der Waals surface area contributed by atoms with Gasteiger partial charge in [0.05, 0.1) is 0 Å². The van der Waals surface area contributed by atoms with Gasteiger partial charge in [0.25, 0.3) is 5.56 Å². The second-order valence-corrected chi connectivity index (χ2v) is 6.29. The molecule has 0 bridgehead atoms. The first kappa shape index (κ1) is 15.7. The molecule has 4 nitrogen and oxygen atoms in total. The van der Waals surface area contributed by atoms with Crippen LogP contribution in [0.2, 0.25) is 0 Å². The zero-order valence-electron chi connectivity index (χ0n) is 13.6. The van der Waals surface area contributed by atoms with Gasteiger partial charge in [-0.05, 0) is 50.0 Å². The van der Waals surface area contributed by atoms with E-state index in [-0.39, 0.29) is 17.3 Å². The first-order valence-electron chi connectivity index (χ1n) is 8.09. The third-order valence-corrected chi connectivity index (χ3v) is 4.58. The Morgan fingerprint density at radius 2 is 1.78 bits per heavy atom. The van der Waals surface area contributed by atoms with Crippen LogP contribution in [-0.2, 0) is 7.05 Å². The van der Waals surface area contributed by atoms with E-state index in [2.05, 4.69) is 5.32 Å². The van der Waals surface area contributed by atoms with Crippen LogP contribution in [0.15, 0.2) is 41.3 Å². The molecule has 0 saturated carbocycles. The molecule has 1 saturated heterocycles. The number of benzene rings is 1. The number of pyridine rings is 1. The molecule has 1 aromatic heterocycles. The van der Waals surface area contributed by atoms with Gasteiger partial charge in [-0.25, -0.2) is 0 Å². The number of aryl methyl sites for hydroxylation is 2. The van der Waals surface area contributed by atoms with E-state index in [1.165, 1.54) is 0 Å². The quantitative estimate of drug-likeness (QED) is 0.886. The third kappa shape index (κ3) is 3.27. The fourth-order valence-electron chi connectivity index (χ4n) is 3.18. The van der Waals surface area contributed by atoms with Gasteiger partial charge in [0.1, 0.15) is 0 Å². The van der Waals surface area contributed by atoms with Crippen molar-refractivity contribution in [3.8, 4) is 11.1 Å². The first-order chi connectivity index (χ1) is 11.1. The zero-order chi connectivity index (χ0) is 16.4. The van der Waals surface area contributed by atoms with Gasteiger partial charge in [0, 0.05) is 30.3 Å². The van der Waals surface area contributed by atoms with Crippen LogP contribution in [-0.4, -0.2) is 23.4 Å². The van der Waals surface area contributed by atoms with Crippen molar-refractivity contribution >= 4 is 5.78 Å². The molecule has 0 unspecified atom stereocenters. The topological polar surface area (TPSA) is 51.1 Å². The van der Waals surface area contributed by atoms with Crippen molar-refractivity contribution in [2.24, 2.45) is 13.0 Å². The number of aromatic nitrogens is 1. The highest BCUT2D eigenvalue weighted by atomic mass is 16.1. The van der Waals surface area contributed by atoms with E-state index in [9.17, 15) is 9.59 Å². The minimum atomic E-state index is 0.0199. The Bertz CT molecular complexity index is 743. The molecule has 0 amide bonds. The summed E-state index contributed by atoms with van der Waals surface area (Å²) in [6, 6.07) is 9.63. The van der Waals surface area contributed by atoms with Gasteiger partial charge in [-0.1, -0.05) is 24.3 Å². The van der Waals surface area contributed by atoms with Gasteiger partial charge in [0.2, 0.25) is 0 Å². The van der Waals surface area contributed by atoms with E-state index in [0.29, 0.717) is 0 Å². The fourth-order valence-corrected chi connectivity index (χ4v) is 3.18. The molecule has 1 N–H and O–H groups in total. The summed E-state index contributed by atoms with van der Waals surface area (Å²) < 4.78 is 1.60. The molecule has 1 aliphatic rings. The smallest absolute Gasteiger partial charge is 0.253 e. The summed E-state index contributed by atoms with van der Waals surface area (Å²) in [5.41, 5.74) is 3.53. The van der Waals surface area contributed by atoms with Gasteiger partial charge in [-0.2, -0.15) is 0 Å². The van der Waals surface area contributed by atoms with Gasteiger partial charge < -0.3 is 9.88 Å². The standard InChI is InChI=1S/C19H22N2O2/c1-13-11-17(12-21(2)19(13)23)14-3-5-15(6-4-14)18(22)16-7-9-20-10-8-16/h3-6,11-12,16,20H,7-10H2,1-2H3. The van der Waals surface area contributed by atoms with Crippen molar-refractivity contribution in [1.29, 1.82) is 0 Å². The summed E-state index contributed by atoms with van der Waals surface area (Å²) >= 11 is 0. The summed E-state index contributed by atoms with van der Waals surface area (Å²) in [5, 5.41) is 3.29. The normalized spacial score (nSPS) is 15.6. The van der Waals surface area contributed by atoms with Crippen molar-refractivity contribution < 1.29 is 4.79 Å². The van der Waals surface area contributed by atoms with Crippen molar-refractivity contribution in [2.45, 2.75) is 19.8 Å². The lowest BCUT2D eigenvalue weighted by Gasteiger charge is -2.21. The predicted octanol–water partition coefficient (Wildman–Crippen LogP) is 2.54. The fraction of sp³-hybridized carbons (Fsp3) is 0.368. The van der Waals surface area contributed by atoms with E-state index in [1.807, 2.05) is 43.5 Å². The van der Waals surface area contributed by atoms with Crippen LogP contribution in [0.5, 0.6) is 0 Å². The summed E-state index contributed by atoms with van der Waals surface area (Å²) in [6.07, 6.45) is 3.67. The second kappa shape index (κ2) is 6.50. The minimum absolute atomic E-state index is 0.0199. The van der Waals surface area contributed by atoms with Crippen molar-refractivity contribution in [1.82, 2.24) is 9.88 Å². The molecule has 1 aliphatic heterocycles. The Balaban J connectivity index is 1.84. The average Bonchev–Trinajstić information content (AvgIpc) is 2.59. The highest BCUT2D eigenvalue weighted by Crippen LogP contribution is 2.22. The molecule has 3 rings (SSSR count). The predicted molar refractivity (Wildman–Crippen MR) is 91.8 cm³/mol. The molecule has 0 aliphatic carbocycles. The molecule has 23 heavy (non-hydrogen) atoms. The first-order valence-corrected chi connectivity index (χ1v) is 8.09. The van der Waals surface area contributed by atoms with Crippen molar-refractivity contribution in [2.75, 3.05) is 13.1 Å². The Labute approximate surface area is 136 Å². The second-order valence-electron chi connectivity index (χ2n) is 6.29. The number of ketones is 1. The number of nitrogens with zero attached hydrogens (tertiary/aromatic N) is 1. The number of Topliss-reactive ketones (excluding diaryl/α,β-unsaturated/α-hetero) is 1. The Hall–Kier alpha value is -2.20. The highest BCUT2D eigenvalue weighted by molar-refractivity contribution is 5.98. The van der Waals surface area contributed by atoms with E-state index >= 15 is 0 Å². The van der Waals surface area contributed by atoms with E-state index in [4.69, 9.17) is 0 Å². The molecule has 1 aromatic carbocycles. The molecule has 2 aromatic rings. The van der Waals surface area contributed by atoms with Crippen LogP contribution in [0.25, 0.3) is 11.1 Å². The van der Waals surface area contributed by atoms with Crippen molar-refractivity contribution in [3.05, 3.63) is 58.0 Å². The Morgan fingerprint density at radius 3 is 2.39 bits per heavy atom. The van der Waals surface area contributed by atoms with Crippen LogP contribution in [0, 0.1) is 12.8 Å². The zero-order valence-corrected chi connectivity index (χ0v) is 13.6. The van der Waals surface area contributed by atoms with Crippen molar-refractivity contribution in [3.63, 3.8) is 0 Å². The molecular weight excluding hydrogens is 288 g/mol. The summed E-state index contributed by atoms with van der Waals surface area (Å²) in [7, 11) is 1.76. The average molecular weight is 310 g/mol. The van der Waals surface area contributed by atoms with Gasteiger partial charge in [0.15, 0.2) is 5.78 Å². The summed E-state index contributed by atoms with van der Waals surface area (Å²) in [5.74, 6) is 0.386. The summed E-state index contributed by atoms with van der Waals surface area (Å²) in [4.78, 5) is 24.3. The minimum Gasteiger partial charge on any atom is -0.318 e. The van der Waals surface area contributed by atoms with Gasteiger partial charge in [-0.15, -0.1) is 0 Å². The van der Waals surface area contributed by atoms with Crippen LogP contribution < -0.4 is 10.9 Å². The third-order valence-electron chi connectivity index (χ3n) is 4.58. The largest absolute Gasteiger partial charge is 0.318 e. The molecular formula is C19H22N2O2. The van der Waals surface area contributed by atoms with Gasteiger partial charge >= 0.3 is 0 Å². The van der Waals surface area contributed by atoms with Crippen LogP contribution in [0.3, 0.4) is 0 Å². The Morgan fingerprint density at radius 1 is 1.13 bits per heavy atom. The van der Waals surface area contributed by atoms with Crippen LogP contribution in [0.1, 0.15) is 28.8 Å². The monoisotopic (exact) mass is 310 g/mol. The summed E-state index contributed by atoms with van der Waals surface area (Å²) in [6.45, 7) is 3.67. The molecule has 1 fully saturated rings. The lowest BCUT2D eigenvalue weighted by molar-refractivity contribution is 0.0895. The van der Waals surface area contributed by atoms with E-state index in [1.54, 1.807) is 11.6 Å². The van der Waals surface area contributed by atoms with E-state index in [0.717, 1.165) is 48.2 Å². The molecule has 0 radical (unpaired) electrons. The number of carbonyl (C=O) groups excluding carboxylic acids is 1. The SMILES string of the molecule is Cc1cc(-c2ccc(C(=O)C3CCNCC3)cc2)cn(C)c1=O. The molecule has 0 atom stereocenters. The number of carbonyl (C=O) groups is 1. The molecule has 120 valence electrons. The lowest BCUT2D eigenvalue weighted by Crippen LogP contribution is -2.31. The lowest BCUT2D eigenvalue weighted by atomic mass is 9.89. The molecule has 0 spiro atoms. The maximum Gasteiger partial charge on any atom is 0.253 e. The number of piperidine rings is 1. The maximum absolute atomic E-state index is 12.5. The van der Waals surface area contributed by atoms with Gasteiger partial charge in [-0.3, -0.25) is 9.59 Å². The van der Waals surface area contributed by atoms with Crippen LogP contribution in [0.4, 0.5) is 0 Å². The molecule has 4 heteroatoms.